The van der Waals surface area contributed by atoms with Crippen LogP contribution in [0.15, 0.2) is 70.9 Å². The Morgan fingerprint density at radius 3 is 1.38 bits per heavy atom. The molecule has 0 heterocycles. The SMILES string of the molecule is C/C(CC/C(C)=N\NC(=O)c1ccccc1)=N/NC(=O)c1ccccc1. The second kappa shape index (κ2) is 9.88. The Labute approximate surface area is 153 Å². The van der Waals surface area contributed by atoms with Crippen LogP contribution in [-0.4, -0.2) is 23.2 Å². The van der Waals surface area contributed by atoms with Gasteiger partial charge in [0.25, 0.3) is 11.8 Å². The monoisotopic (exact) mass is 350 g/mol. The third-order valence-corrected chi connectivity index (χ3v) is 3.62. The minimum atomic E-state index is -0.245. The zero-order chi connectivity index (χ0) is 18.8. The van der Waals surface area contributed by atoms with Gasteiger partial charge in [-0.05, 0) is 51.0 Å². The fourth-order valence-electron chi connectivity index (χ4n) is 2.07. The summed E-state index contributed by atoms with van der Waals surface area (Å²) in [6, 6.07) is 17.8. The summed E-state index contributed by atoms with van der Waals surface area (Å²) in [6.07, 6.45) is 1.26. The van der Waals surface area contributed by atoms with Crippen molar-refractivity contribution in [2.24, 2.45) is 10.2 Å². The van der Waals surface area contributed by atoms with Crippen LogP contribution in [0.3, 0.4) is 0 Å². The minimum absolute atomic E-state index is 0.245. The Morgan fingerprint density at radius 1 is 0.692 bits per heavy atom. The number of benzene rings is 2. The van der Waals surface area contributed by atoms with E-state index < -0.39 is 0 Å². The van der Waals surface area contributed by atoms with Gasteiger partial charge in [-0.15, -0.1) is 0 Å². The van der Waals surface area contributed by atoms with E-state index in [0.717, 1.165) is 11.4 Å². The van der Waals surface area contributed by atoms with Crippen molar-refractivity contribution in [2.45, 2.75) is 26.7 Å². The molecule has 0 aliphatic rings. The zero-order valence-electron chi connectivity index (χ0n) is 14.9. The second-order valence-corrected chi connectivity index (χ2v) is 5.81. The molecule has 0 spiro atoms. The van der Waals surface area contributed by atoms with Gasteiger partial charge in [0.1, 0.15) is 0 Å². The number of carbonyl (C=O) groups excluding carboxylic acids is 2. The van der Waals surface area contributed by atoms with Crippen molar-refractivity contribution in [2.75, 3.05) is 0 Å². The summed E-state index contributed by atoms with van der Waals surface area (Å²) in [4.78, 5) is 23.8. The Hall–Kier alpha value is -3.28. The smallest absolute Gasteiger partial charge is 0.267 e. The minimum Gasteiger partial charge on any atom is -0.267 e. The van der Waals surface area contributed by atoms with Gasteiger partial charge in [0.15, 0.2) is 0 Å². The van der Waals surface area contributed by atoms with E-state index in [9.17, 15) is 9.59 Å². The quantitative estimate of drug-likeness (QED) is 0.593. The first-order valence-corrected chi connectivity index (χ1v) is 8.33. The molecular formula is C20H22N4O2. The molecule has 2 rings (SSSR count). The van der Waals surface area contributed by atoms with Gasteiger partial charge in [-0.1, -0.05) is 36.4 Å². The predicted octanol–water partition coefficient (Wildman–Crippen LogP) is 3.38. The lowest BCUT2D eigenvalue weighted by molar-refractivity contribution is 0.0946. The van der Waals surface area contributed by atoms with Crippen LogP contribution in [0.5, 0.6) is 0 Å². The molecule has 2 amide bonds. The molecule has 0 radical (unpaired) electrons. The number of rotatable bonds is 7. The van der Waals surface area contributed by atoms with E-state index >= 15 is 0 Å². The van der Waals surface area contributed by atoms with Crippen LogP contribution < -0.4 is 10.9 Å². The van der Waals surface area contributed by atoms with Gasteiger partial charge in [0, 0.05) is 22.6 Å². The lowest BCUT2D eigenvalue weighted by atomic mass is 10.2. The molecule has 6 heteroatoms. The van der Waals surface area contributed by atoms with Crippen LogP contribution in [0.4, 0.5) is 0 Å². The average molecular weight is 350 g/mol. The Bertz CT molecular complexity index is 730. The summed E-state index contributed by atoms with van der Waals surface area (Å²) in [5.74, 6) is -0.490. The van der Waals surface area contributed by atoms with E-state index in [-0.39, 0.29) is 11.8 Å². The molecule has 26 heavy (non-hydrogen) atoms. The summed E-state index contributed by atoms with van der Waals surface area (Å²) in [7, 11) is 0. The summed E-state index contributed by atoms with van der Waals surface area (Å²) in [6.45, 7) is 3.67. The summed E-state index contributed by atoms with van der Waals surface area (Å²) < 4.78 is 0. The zero-order valence-corrected chi connectivity index (χ0v) is 14.9. The van der Waals surface area contributed by atoms with Gasteiger partial charge in [0.2, 0.25) is 0 Å². The second-order valence-electron chi connectivity index (χ2n) is 5.81. The van der Waals surface area contributed by atoms with Crippen molar-refractivity contribution in [3.8, 4) is 0 Å². The van der Waals surface area contributed by atoms with Gasteiger partial charge < -0.3 is 0 Å². The Kier molecular flexibility index (Phi) is 7.24. The van der Waals surface area contributed by atoms with Gasteiger partial charge >= 0.3 is 0 Å². The molecule has 0 aliphatic carbocycles. The molecule has 0 aromatic heterocycles. The molecule has 0 fully saturated rings. The third kappa shape index (κ3) is 6.32. The molecule has 0 saturated heterocycles. The van der Waals surface area contributed by atoms with Crippen molar-refractivity contribution in [1.82, 2.24) is 10.9 Å². The summed E-state index contributed by atoms with van der Waals surface area (Å²) in [5, 5.41) is 8.18. The number of hydrazone groups is 2. The van der Waals surface area contributed by atoms with E-state index in [1.54, 1.807) is 48.5 Å². The molecule has 0 atom stereocenters. The number of amides is 2. The topological polar surface area (TPSA) is 82.9 Å². The van der Waals surface area contributed by atoms with Crippen molar-refractivity contribution < 1.29 is 9.59 Å². The van der Waals surface area contributed by atoms with E-state index in [2.05, 4.69) is 21.1 Å². The lowest BCUT2D eigenvalue weighted by Gasteiger charge is -2.04. The number of nitrogens with zero attached hydrogens (tertiary/aromatic N) is 2. The van der Waals surface area contributed by atoms with Gasteiger partial charge in [-0.3, -0.25) is 9.59 Å². The molecular weight excluding hydrogens is 328 g/mol. The molecule has 134 valence electrons. The van der Waals surface area contributed by atoms with Gasteiger partial charge in [0.05, 0.1) is 0 Å². The van der Waals surface area contributed by atoms with Crippen LogP contribution in [0.2, 0.25) is 0 Å². The molecule has 0 saturated carbocycles. The van der Waals surface area contributed by atoms with Crippen LogP contribution in [0.25, 0.3) is 0 Å². The fraction of sp³-hybridized carbons (Fsp3) is 0.200. The molecule has 0 aliphatic heterocycles. The molecule has 0 bridgehead atoms. The number of carbonyl (C=O) groups is 2. The van der Waals surface area contributed by atoms with E-state index in [4.69, 9.17) is 0 Å². The van der Waals surface area contributed by atoms with Crippen molar-refractivity contribution in [3.05, 3.63) is 71.8 Å². The average Bonchev–Trinajstić information content (AvgIpc) is 2.69. The number of hydrogen-bond acceptors (Lipinski definition) is 4. The molecule has 2 aromatic carbocycles. The maximum Gasteiger partial charge on any atom is 0.271 e. The first-order chi connectivity index (χ1) is 12.6. The lowest BCUT2D eigenvalue weighted by Crippen LogP contribution is -2.20. The fourth-order valence-corrected chi connectivity index (χ4v) is 2.07. The number of nitrogens with one attached hydrogen (secondary N) is 2. The molecule has 0 unspecified atom stereocenters. The standard InChI is InChI=1S/C20H22N4O2/c1-15(21-23-19(25)17-9-5-3-6-10-17)13-14-16(2)22-24-20(26)18-11-7-4-8-12-18/h3-12H,13-14H2,1-2H3,(H,23,25)(H,24,26)/b21-15-,22-16-. The van der Waals surface area contributed by atoms with Crippen molar-refractivity contribution in [3.63, 3.8) is 0 Å². The normalized spacial score (nSPS) is 11.8. The third-order valence-electron chi connectivity index (χ3n) is 3.62. The maximum atomic E-state index is 11.9. The van der Waals surface area contributed by atoms with Crippen LogP contribution in [0.1, 0.15) is 47.4 Å². The largest absolute Gasteiger partial charge is 0.271 e. The highest BCUT2D eigenvalue weighted by molar-refractivity contribution is 5.96. The highest BCUT2D eigenvalue weighted by Crippen LogP contribution is 2.00. The molecule has 2 N–H and O–H groups in total. The summed E-state index contributed by atoms with van der Waals surface area (Å²) >= 11 is 0. The van der Waals surface area contributed by atoms with Crippen LogP contribution >= 0.6 is 0 Å². The van der Waals surface area contributed by atoms with Gasteiger partial charge in [-0.25, -0.2) is 10.9 Å². The highest BCUT2D eigenvalue weighted by Gasteiger charge is 2.04. The van der Waals surface area contributed by atoms with E-state index in [0.29, 0.717) is 24.0 Å². The van der Waals surface area contributed by atoms with E-state index in [1.165, 1.54) is 0 Å². The predicted molar refractivity (Wildman–Crippen MR) is 103 cm³/mol. The van der Waals surface area contributed by atoms with Crippen molar-refractivity contribution >= 4 is 23.2 Å². The number of hydrogen-bond donors (Lipinski definition) is 2. The first-order valence-electron chi connectivity index (χ1n) is 8.33. The Morgan fingerprint density at radius 2 is 1.04 bits per heavy atom. The van der Waals surface area contributed by atoms with Crippen LogP contribution in [-0.2, 0) is 0 Å². The maximum absolute atomic E-state index is 11.9. The van der Waals surface area contributed by atoms with Crippen LogP contribution in [0, 0.1) is 0 Å². The van der Waals surface area contributed by atoms with Gasteiger partial charge in [-0.2, -0.15) is 10.2 Å². The summed E-state index contributed by atoms with van der Waals surface area (Å²) in [5.41, 5.74) is 7.74. The highest BCUT2D eigenvalue weighted by atomic mass is 16.2. The molecule has 6 nitrogen and oxygen atoms in total. The molecule has 2 aromatic rings. The Balaban J connectivity index is 1.78. The first kappa shape index (κ1) is 19.1. The van der Waals surface area contributed by atoms with E-state index in [1.807, 2.05) is 26.0 Å². The van der Waals surface area contributed by atoms with Crippen molar-refractivity contribution in [1.29, 1.82) is 0 Å².